The summed E-state index contributed by atoms with van der Waals surface area (Å²) in [5, 5.41) is 9.67. The van der Waals surface area contributed by atoms with Gasteiger partial charge in [-0.2, -0.15) is 5.26 Å². The summed E-state index contributed by atoms with van der Waals surface area (Å²) < 4.78 is 10.8. The van der Waals surface area contributed by atoms with Crippen LogP contribution < -0.4 is 14.4 Å². The molecule has 27 heavy (non-hydrogen) atoms. The van der Waals surface area contributed by atoms with Crippen LogP contribution in [0.15, 0.2) is 36.4 Å². The van der Waals surface area contributed by atoms with Gasteiger partial charge in [0.2, 0.25) is 6.79 Å². The number of benzene rings is 2. The molecule has 0 amide bonds. The van der Waals surface area contributed by atoms with Crippen molar-refractivity contribution in [1.29, 1.82) is 5.26 Å². The van der Waals surface area contributed by atoms with Crippen molar-refractivity contribution in [2.24, 2.45) is 5.92 Å². The van der Waals surface area contributed by atoms with E-state index in [1.54, 1.807) is 0 Å². The molecule has 2 aromatic rings. The van der Waals surface area contributed by atoms with Crippen LogP contribution in [0.1, 0.15) is 37.0 Å². The maximum atomic E-state index is 9.67. The van der Waals surface area contributed by atoms with Crippen LogP contribution in [0, 0.1) is 17.2 Å². The second-order valence-electron chi connectivity index (χ2n) is 7.57. The number of anilines is 1. The molecule has 0 aliphatic carbocycles. The van der Waals surface area contributed by atoms with E-state index in [2.05, 4.69) is 43.0 Å². The summed E-state index contributed by atoms with van der Waals surface area (Å²) in [6, 6.07) is 14.5. The standard InChI is InChI=1S/C23H24N2O2/c1-16(2)14-25-9-3-4-19-10-17(5-7-21(19)25)11-20(13-24)18-6-8-22-23(12-18)27-15-26-22/h5-8,10-12,16H,3-4,9,14-15H2,1-2H3. The molecule has 0 unspecified atom stereocenters. The summed E-state index contributed by atoms with van der Waals surface area (Å²) in [5.74, 6) is 2.07. The third kappa shape index (κ3) is 3.64. The molecule has 0 saturated heterocycles. The first kappa shape index (κ1) is 17.5. The maximum Gasteiger partial charge on any atom is 0.231 e. The molecule has 0 aromatic heterocycles. The van der Waals surface area contributed by atoms with Crippen molar-refractivity contribution in [2.75, 3.05) is 24.8 Å². The van der Waals surface area contributed by atoms with Crippen LogP contribution in [0.3, 0.4) is 0 Å². The molecule has 2 aliphatic heterocycles. The highest BCUT2D eigenvalue weighted by Gasteiger charge is 2.18. The van der Waals surface area contributed by atoms with Crippen molar-refractivity contribution in [1.82, 2.24) is 0 Å². The number of aryl methyl sites for hydroxylation is 1. The Morgan fingerprint density at radius 2 is 2.04 bits per heavy atom. The fourth-order valence-electron chi connectivity index (χ4n) is 3.83. The fourth-order valence-corrected chi connectivity index (χ4v) is 3.83. The Bertz CT molecular complexity index is 924. The van der Waals surface area contributed by atoms with Crippen molar-refractivity contribution in [3.05, 3.63) is 53.1 Å². The van der Waals surface area contributed by atoms with Crippen LogP contribution in [-0.2, 0) is 6.42 Å². The minimum absolute atomic E-state index is 0.238. The number of nitrogens with zero attached hydrogens (tertiary/aromatic N) is 2. The third-order valence-electron chi connectivity index (χ3n) is 5.02. The number of nitriles is 1. The highest BCUT2D eigenvalue weighted by Crippen LogP contribution is 2.35. The van der Waals surface area contributed by atoms with Gasteiger partial charge < -0.3 is 14.4 Å². The lowest BCUT2D eigenvalue weighted by Crippen LogP contribution is -2.32. The molecule has 2 heterocycles. The minimum Gasteiger partial charge on any atom is -0.454 e. The molecule has 0 N–H and O–H groups in total. The Balaban J connectivity index is 1.64. The van der Waals surface area contributed by atoms with E-state index in [1.807, 2.05) is 24.3 Å². The van der Waals surface area contributed by atoms with Crippen molar-refractivity contribution in [2.45, 2.75) is 26.7 Å². The summed E-state index contributed by atoms with van der Waals surface area (Å²) in [6.07, 6.45) is 4.23. The predicted molar refractivity (Wildman–Crippen MR) is 108 cm³/mol. The SMILES string of the molecule is CC(C)CN1CCCc2cc(C=C(C#N)c3ccc4c(c3)OCO4)ccc21. The van der Waals surface area contributed by atoms with Crippen LogP contribution in [0.5, 0.6) is 11.5 Å². The minimum atomic E-state index is 0.238. The topological polar surface area (TPSA) is 45.5 Å². The van der Waals surface area contributed by atoms with E-state index < -0.39 is 0 Å². The first-order valence-electron chi connectivity index (χ1n) is 9.54. The molecule has 4 rings (SSSR count). The van der Waals surface area contributed by atoms with E-state index in [1.165, 1.54) is 17.7 Å². The van der Waals surface area contributed by atoms with Crippen molar-refractivity contribution in [3.63, 3.8) is 0 Å². The van der Waals surface area contributed by atoms with Gasteiger partial charge in [-0.15, -0.1) is 0 Å². The van der Waals surface area contributed by atoms with Crippen LogP contribution in [0.2, 0.25) is 0 Å². The number of ether oxygens (including phenoxy) is 2. The molecule has 0 atom stereocenters. The first-order valence-corrected chi connectivity index (χ1v) is 9.54. The van der Waals surface area contributed by atoms with Crippen molar-refractivity contribution >= 4 is 17.3 Å². The molecule has 0 fully saturated rings. The lowest BCUT2D eigenvalue weighted by Gasteiger charge is -2.33. The van der Waals surface area contributed by atoms with Crippen LogP contribution >= 0.6 is 0 Å². The van der Waals surface area contributed by atoms with Crippen LogP contribution in [0.4, 0.5) is 5.69 Å². The number of rotatable bonds is 4. The van der Waals surface area contributed by atoms with Crippen LogP contribution in [-0.4, -0.2) is 19.9 Å². The van der Waals surface area contributed by atoms with Crippen molar-refractivity contribution in [3.8, 4) is 17.6 Å². The Hall–Kier alpha value is -2.93. The number of fused-ring (bicyclic) bond motifs is 2. The zero-order chi connectivity index (χ0) is 18.8. The largest absolute Gasteiger partial charge is 0.454 e. The van der Waals surface area contributed by atoms with Crippen molar-refractivity contribution < 1.29 is 9.47 Å². The summed E-state index contributed by atoms with van der Waals surface area (Å²) >= 11 is 0. The molecule has 0 spiro atoms. The summed E-state index contributed by atoms with van der Waals surface area (Å²) in [6.45, 7) is 6.97. The average Bonchev–Trinajstić information content (AvgIpc) is 3.13. The Labute approximate surface area is 160 Å². The number of hydrogen-bond acceptors (Lipinski definition) is 4. The third-order valence-corrected chi connectivity index (χ3v) is 5.02. The monoisotopic (exact) mass is 360 g/mol. The molecular formula is C23H24N2O2. The van der Waals surface area contributed by atoms with Gasteiger partial charge in [0.1, 0.15) is 0 Å². The second-order valence-corrected chi connectivity index (χ2v) is 7.57. The highest BCUT2D eigenvalue weighted by atomic mass is 16.7. The predicted octanol–water partition coefficient (Wildman–Crippen LogP) is 4.89. The lowest BCUT2D eigenvalue weighted by molar-refractivity contribution is 0.174. The Morgan fingerprint density at radius 3 is 2.85 bits per heavy atom. The van der Waals surface area contributed by atoms with E-state index >= 15 is 0 Å². The zero-order valence-electron chi connectivity index (χ0n) is 15.9. The normalized spacial score (nSPS) is 15.6. The van der Waals surface area contributed by atoms with E-state index in [0.29, 0.717) is 17.2 Å². The molecule has 2 aromatic carbocycles. The fraction of sp³-hybridized carbons (Fsp3) is 0.348. The van der Waals surface area contributed by atoms with E-state index in [0.717, 1.165) is 36.4 Å². The second kappa shape index (κ2) is 7.36. The van der Waals surface area contributed by atoms with Gasteiger partial charge in [-0.3, -0.25) is 0 Å². The van der Waals surface area contributed by atoms with Gasteiger partial charge in [-0.25, -0.2) is 0 Å². The quantitative estimate of drug-likeness (QED) is 0.575. The summed E-state index contributed by atoms with van der Waals surface area (Å²) in [5.41, 5.74) is 5.26. The van der Waals surface area contributed by atoms with Gasteiger partial charge in [0.05, 0.1) is 11.6 Å². The maximum absolute atomic E-state index is 9.67. The first-order chi connectivity index (χ1) is 13.1. The van der Waals surface area contributed by atoms with E-state index in [-0.39, 0.29) is 6.79 Å². The molecule has 0 radical (unpaired) electrons. The molecule has 4 nitrogen and oxygen atoms in total. The number of allylic oxidation sites excluding steroid dienone is 1. The van der Waals surface area contributed by atoms with Gasteiger partial charge in [0.25, 0.3) is 0 Å². The van der Waals surface area contributed by atoms with Crippen LogP contribution in [0.25, 0.3) is 11.6 Å². The Kier molecular flexibility index (Phi) is 4.77. The zero-order valence-corrected chi connectivity index (χ0v) is 15.9. The van der Waals surface area contributed by atoms with Gasteiger partial charge in [0, 0.05) is 18.8 Å². The van der Waals surface area contributed by atoms with Gasteiger partial charge in [-0.05, 0) is 71.9 Å². The highest BCUT2D eigenvalue weighted by molar-refractivity contribution is 5.90. The van der Waals surface area contributed by atoms with E-state index in [4.69, 9.17) is 9.47 Å². The van der Waals surface area contributed by atoms with Gasteiger partial charge in [-0.1, -0.05) is 19.9 Å². The molecular weight excluding hydrogens is 336 g/mol. The molecule has 0 bridgehead atoms. The summed E-state index contributed by atoms with van der Waals surface area (Å²) in [4.78, 5) is 2.49. The van der Waals surface area contributed by atoms with E-state index in [9.17, 15) is 5.26 Å². The molecule has 0 saturated carbocycles. The molecule has 2 aliphatic rings. The van der Waals surface area contributed by atoms with Gasteiger partial charge in [0.15, 0.2) is 11.5 Å². The van der Waals surface area contributed by atoms with Gasteiger partial charge >= 0.3 is 0 Å². The molecule has 138 valence electrons. The average molecular weight is 360 g/mol. The smallest absolute Gasteiger partial charge is 0.231 e. The number of hydrogen-bond donors (Lipinski definition) is 0. The molecule has 4 heteroatoms. The summed E-state index contributed by atoms with van der Waals surface area (Å²) in [7, 11) is 0. The Morgan fingerprint density at radius 1 is 1.19 bits per heavy atom. The lowest BCUT2D eigenvalue weighted by atomic mass is 9.96.